The maximum absolute atomic E-state index is 9.86. The summed E-state index contributed by atoms with van der Waals surface area (Å²) in [7, 11) is 0. The summed E-state index contributed by atoms with van der Waals surface area (Å²) < 4.78 is 5.20. The van der Waals surface area contributed by atoms with Gasteiger partial charge in [-0.1, -0.05) is 0 Å². The third kappa shape index (κ3) is 1.84. The summed E-state index contributed by atoms with van der Waals surface area (Å²) in [5.74, 6) is 0.200. The van der Waals surface area contributed by atoms with Gasteiger partial charge >= 0.3 is 0 Å². The van der Waals surface area contributed by atoms with E-state index < -0.39 is 6.10 Å². The molecule has 2 heterocycles. The fourth-order valence-corrected chi connectivity index (χ4v) is 1.54. The molecule has 1 aromatic heterocycles. The summed E-state index contributed by atoms with van der Waals surface area (Å²) in [5, 5.41) is 9.86. The highest BCUT2D eigenvalue weighted by molar-refractivity contribution is 5.08. The molecule has 0 radical (unpaired) electrons. The molecule has 13 heavy (non-hydrogen) atoms. The van der Waals surface area contributed by atoms with Crippen LogP contribution in [0.3, 0.4) is 0 Å². The van der Waals surface area contributed by atoms with E-state index in [9.17, 15) is 5.11 Å². The van der Waals surface area contributed by atoms with Gasteiger partial charge in [0.05, 0.1) is 12.7 Å². The fraction of sp³-hybridized carbons (Fsp3) is 0.556. The second kappa shape index (κ2) is 3.81. The van der Waals surface area contributed by atoms with Crippen molar-refractivity contribution in [3.05, 3.63) is 24.3 Å². The highest BCUT2D eigenvalue weighted by atomic mass is 16.5. The van der Waals surface area contributed by atoms with Crippen molar-refractivity contribution < 1.29 is 9.84 Å². The molecule has 1 fully saturated rings. The summed E-state index contributed by atoms with van der Waals surface area (Å²) in [6, 6.07) is 0. The molecule has 1 aliphatic heterocycles. The zero-order valence-electron chi connectivity index (χ0n) is 7.26. The van der Waals surface area contributed by atoms with E-state index in [4.69, 9.17) is 4.74 Å². The summed E-state index contributed by atoms with van der Waals surface area (Å²) in [6.45, 7) is 1.38. The van der Waals surface area contributed by atoms with Crippen LogP contribution in [0.2, 0.25) is 0 Å². The first-order valence-corrected chi connectivity index (χ1v) is 4.38. The molecule has 2 rings (SSSR count). The van der Waals surface area contributed by atoms with E-state index in [1.807, 2.05) is 0 Å². The van der Waals surface area contributed by atoms with Crippen LogP contribution in [0.4, 0.5) is 0 Å². The summed E-state index contributed by atoms with van der Waals surface area (Å²) in [5.41, 5.74) is 0.776. The summed E-state index contributed by atoms with van der Waals surface area (Å²) in [6.07, 6.45) is 5.19. The molecular weight excluding hydrogens is 168 g/mol. The van der Waals surface area contributed by atoms with Crippen LogP contribution in [0, 0.1) is 5.92 Å². The van der Waals surface area contributed by atoms with Crippen LogP contribution in [-0.2, 0) is 4.74 Å². The highest BCUT2D eigenvalue weighted by Gasteiger charge is 2.25. The zero-order valence-corrected chi connectivity index (χ0v) is 7.26. The predicted molar refractivity (Wildman–Crippen MR) is 45.9 cm³/mol. The van der Waals surface area contributed by atoms with Gasteiger partial charge in [-0.3, -0.25) is 0 Å². The minimum absolute atomic E-state index is 0.200. The molecule has 0 spiro atoms. The van der Waals surface area contributed by atoms with Crippen LogP contribution in [0.25, 0.3) is 0 Å². The van der Waals surface area contributed by atoms with Crippen molar-refractivity contribution in [2.45, 2.75) is 12.5 Å². The monoisotopic (exact) mass is 180 g/mol. The normalized spacial score (nSPS) is 24.5. The fourth-order valence-electron chi connectivity index (χ4n) is 1.54. The Balaban J connectivity index is 2.08. The van der Waals surface area contributed by atoms with E-state index >= 15 is 0 Å². The number of nitrogens with zero attached hydrogens (tertiary/aromatic N) is 2. The number of hydrogen-bond donors (Lipinski definition) is 1. The first-order valence-electron chi connectivity index (χ1n) is 4.38. The molecule has 1 N–H and O–H groups in total. The maximum atomic E-state index is 9.86. The van der Waals surface area contributed by atoms with Crippen molar-refractivity contribution in [2.24, 2.45) is 5.92 Å². The molecule has 1 aliphatic rings. The Morgan fingerprint density at radius 1 is 1.46 bits per heavy atom. The lowest BCUT2D eigenvalue weighted by Gasteiger charge is -2.15. The van der Waals surface area contributed by atoms with Crippen molar-refractivity contribution in [3.8, 4) is 0 Å². The number of rotatable bonds is 2. The van der Waals surface area contributed by atoms with Crippen LogP contribution < -0.4 is 0 Å². The molecule has 4 nitrogen and oxygen atoms in total. The molecule has 0 aromatic carbocycles. The number of ether oxygens (including phenoxy) is 1. The van der Waals surface area contributed by atoms with E-state index in [1.165, 1.54) is 6.33 Å². The Kier molecular flexibility index (Phi) is 2.52. The molecule has 2 unspecified atom stereocenters. The molecule has 0 aliphatic carbocycles. The summed E-state index contributed by atoms with van der Waals surface area (Å²) >= 11 is 0. The summed E-state index contributed by atoms with van der Waals surface area (Å²) in [4.78, 5) is 7.73. The van der Waals surface area contributed by atoms with E-state index in [-0.39, 0.29) is 5.92 Å². The smallest absolute Gasteiger partial charge is 0.115 e. The Hall–Kier alpha value is -1.00. The topological polar surface area (TPSA) is 55.2 Å². The molecule has 0 bridgehead atoms. The Bertz CT molecular complexity index is 260. The van der Waals surface area contributed by atoms with Crippen molar-refractivity contribution in [1.29, 1.82) is 0 Å². The quantitative estimate of drug-likeness (QED) is 0.722. The molecule has 70 valence electrons. The first-order chi connectivity index (χ1) is 6.38. The first kappa shape index (κ1) is 8.59. The Morgan fingerprint density at radius 2 is 2.23 bits per heavy atom. The van der Waals surface area contributed by atoms with E-state index in [0.717, 1.165) is 18.6 Å². The second-order valence-corrected chi connectivity index (χ2v) is 3.24. The van der Waals surface area contributed by atoms with Gasteiger partial charge in [0.1, 0.15) is 6.33 Å². The van der Waals surface area contributed by atoms with Crippen molar-refractivity contribution in [2.75, 3.05) is 13.2 Å². The Labute approximate surface area is 76.6 Å². The van der Waals surface area contributed by atoms with Gasteiger partial charge < -0.3 is 9.84 Å². The van der Waals surface area contributed by atoms with Crippen LogP contribution >= 0.6 is 0 Å². The number of aliphatic hydroxyl groups is 1. The van der Waals surface area contributed by atoms with Gasteiger partial charge in [-0.25, -0.2) is 9.97 Å². The number of aliphatic hydroxyl groups excluding tert-OH is 1. The van der Waals surface area contributed by atoms with Gasteiger partial charge in [-0.05, 0) is 6.42 Å². The van der Waals surface area contributed by atoms with Crippen LogP contribution in [0.15, 0.2) is 18.7 Å². The van der Waals surface area contributed by atoms with Crippen LogP contribution in [0.1, 0.15) is 18.1 Å². The number of aromatic nitrogens is 2. The van der Waals surface area contributed by atoms with Gasteiger partial charge in [0.2, 0.25) is 0 Å². The molecule has 0 amide bonds. The average Bonchev–Trinajstić information content (AvgIpc) is 2.71. The largest absolute Gasteiger partial charge is 0.388 e. The van der Waals surface area contributed by atoms with Gasteiger partial charge in [0.15, 0.2) is 0 Å². The minimum Gasteiger partial charge on any atom is -0.388 e. The maximum Gasteiger partial charge on any atom is 0.115 e. The molecule has 1 aromatic rings. The van der Waals surface area contributed by atoms with Crippen LogP contribution in [-0.4, -0.2) is 28.3 Å². The molecule has 4 heteroatoms. The standard InChI is InChI=1S/C9H12N2O2/c12-9(7-1-2-13-5-7)8-3-10-6-11-4-8/h3-4,6-7,9,12H,1-2,5H2. The van der Waals surface area contributed by atoms with E-state index in [0.29, 0.717) is 6.61 Å². The van der Waals surface area contributed by atoms with Gasteiger partial charge in [-0.2, -0.15) is 0 Å². The van der Waals surface area contributed by atoms with Crippen molar-refractivity contribution in [1.82, 2.24) is 9.97 Å². The molecule has 0 saturated carbocycles. The average molecular weight is 180 g/mol. The lowest BCUT2D eigenvalue weighted by atomic mass is 9.97. The van der Waals surface area contributed by atoms with Crippen molar-refractivity contribution >= 4 is 0 Å². The minimum atomic E-state index is -0.483. The second-order valence-electron chi connectivity index (χ2n) is 3.24. The predicted octanol–water partition coefficient (Wildman–Crippen LogP) is 0.546. The SMILES string of the molecule is OC(c1cncnc1)C1CCOC1. The number of hydrogen-bond acceptors (Lipinski definition) is 4. The molecule has 2 atom stereocenters. The van der Waals surface area contributed by atoms with Crippen molar-refractivity contribution in [3.63, 3.8) is 0 Å². The van der Waals surface area contributed by atoms with Gasteiger partial charge in [-0.15, -0.1) is 0 Å². The highest BCUT2D eigenvalue weighted by Crippen LogP contribution is 2.27. The third-order valence-electron chi connectivity index (χ3n) is 2.33. The van der Waals surface area contributed by atoms with E-state index in [1.54, 1.807) is 12.4 Å². The lowest BCUT2D eigenvalue weighted by molar-refractivity contribution is 0.0912. The lowest BCUT2D eigenvalue weighted by Crippen LogP contribution is -2.12. The van der Waals surface area contributed by atoms with E-state index in [2.05, 4.69) is 9.97 Å². The van der Waals surface area contributed by atoms with Crippen LogP contribution in [0.5, 0.6) is 0 Å². The third-order valence-corrected chi connectivity index (χ3v) is 2.33. The molecule has 1 saturated heterocycles. The van der Waals surface area contributed by atoms with Gasteiger partial charge in [0.25, 0.3) is 0 Å². The molecular formula is C9H12N2O2. The van der Waals surface area contributed by atoms with Gasteiger partial charge in [0, 0.05) is 30.5 Å². The zero-order chi connectivity index (χ0) is 9.10. The Morgan fingerprint density at radius 3 is 2.85 bits per heavy atom.